The molecule has 0 saturated carbocycles. The summed E-state index contributed by atoms with van der Waals surface area (Å²) in [7, 11) is -2.40. The Morgan fingerprint density at radius 3 is 2.36 bits per heavy atom. The lowest BCUT2D eigenvalue weighted by Gasteiger charge is -2.38. The molecule has 0 aromatic carbocycles. The lowest BCUT2D eigenvalue weighted by molar-refractivity contribution is 0.0192. The third-order valence-corrected chi connectivity index (χ3v) is 10.4. The molecule has 3 aromatic heterocycles. The molecule has 0 spiro atoms. The van der Waals surface area contributed by atoms with Crippen molar-refractivity contribution < 1.29 is 27.1 Å². The molecule has 11 nitrogen and oxygen atoms in total. The zero-order valence-corrected chi connectivity index (χ0v) is 27.5. The van der Waals surface area contributed by atoms with Gasteiger partial charge in [-0.1, -0.05) is 23.2 Å². The minimum Gasteiger partial charge on any atom is -0.444 e. The normalized spacial score (nSPS) is 20.3. The number of sulfonamides is 1. The second kappa shape index (κ2) is 12.1. The lowest BCUT2D eigenvalue weighted by atomic mass is 9.85. The van der Waals surface area contributed by atoms with Gasteiger partial charge in [-0.25, -0.2) is 27.6 Å². The summed E-state index contributed by atoms with van der Waals surface area (Å²) in [4.78, 5) is 38.2. The van der Waals surface area contributed by atoms with E-state index in [4.69, 9.17) is 27.9 Å². The van der Waals surface area contributed by atoms with Crippen LogP contribution in [0.4, 0.5) is 15.0 Å². The van der Waals surface area contributed by atoms with E-state index in [0.717, 1.165) is 6.20 Å². The van der Waals surface area contributed by atoms with Crippen LogP contribution in [0.5, 0.6) is 0 Å². The number of hydrogen-bond acceptors (Lipinski definition) is 8. The van der Waals surface area contributed by atoms with Crippen LogP contribution in [-0.2, 0) is 21.8 Å². The zero-order chi connectivity index (χ0) is 32.1. The number of piperidine rings is 1. The molecule has 0 radical (unpaired) electrons. The fourth-order valence-electron chi connectivity index (χ4n) is 5.75. The summed E-state index contributed by atoms with van der Waals surface area (Å²) in [5.74, 6) is -0.439. The molecule has 2 aliphatic heterocycles. The average Bonchev–Trinajstić information content (AvgIpc) is 3.26. The Labute approximate surface area is 265 Å². The van der Waals surface area contributed by atoms with E-state index in [1.165, 1.54) is 21.3 Å². The summed E-state index contributed by atoms with van der Waals surface area (Å²) in [5, 5.41) is 0.289. The molecule has 0 bridgehead atoms. The van der Waals surface area contributed by atoms with Crippen molar-refractivity contribution in [3.63, 3.8) is 0 Å². The minimum absolute atomic E-state index is 0.0596. The number of aryl methyl sites for hydroxylation is 1. The number of aromatic nitrogens is 3. The Balaban J connectivity index is 1.33. The van der Waals surface area contributed by atoms with Crippen LogP contribution in [0, 0.1) is 11.7 Å². The maximum Gasteiger partial charge on any atom is 0.410 e. The van der Waals surface area contributed by atoms with Crippen LogP contribution >= 0.6 is 23.2 Å². The topological polar surface area (TPSA) is 118 Å². The Morgan fingerprint density at radius 1 is 1.07 bits per heavy atom. The first-order valence-corrected chi connectivity index (χ1v) is 16.5. The predicted molar refractivity (Wildman–Crippen MR) is 165 cm³/mol. The van der Waals surface area contributed by atoms with Crippen LogP contribution in [0.15, 0.2) is 29.6 Å². The molecule has 3 aromatic rings. The average molecular weight is 670 g/mol. The van der Waals surface area contributed by atoms with E-state index in [1.54, 1.807) is 38.6 Å². The SMILES string of the molecule is C[C@@H]1C[C@H](C(=O)c2cn(C)c3nc(S(=O)(=O)N4CCN(C(=O)OC(C)(C)C)CC4)c(Cl)cc23)CCN1c1ncc(F)cc1Cl. The molecule has 15 heteroatoms. The van der Waals surface area contributed by atoms with Crippen LogP contribution in [0.2, 0.25) is 10.0 Å². The Bertz CT molecular complexity index is 1720. The molecular weight excluding hydrogens is 634 g/mol. The van der Waals surface area contributed by atoms with Gasteiger partial charge in [0.15, 0.2) is 10.8 Å². The number of rotatable bonds is 5. The molecule has 0 N–H and O–H groups in total. The second-order valence-corrected chi connectivity index (χ2v) is 14.9. The molecule has 2 aliphatic rings. The van der Waals surface area contributed by atoms with Gasteiger partial charge in [-0.15, -0.1) is 0 Å². The van der Waals surface area contributed by atoms with Gasteiger partial charge in [-0.3, -0.25) is 4.79 Å². The highest BCUT2D eigenvalue weighted by Gasteiger charge is 2.36. The van der Waals surface area contributed by atoms with Gasteiger partial charge in [0.1, 0.15) is 22.9 Å². The number of piperazine rings is 1. The van der Waals surface area contributed by atoms with E-state index in [-0.39, 0.29) is 59.0 Å². The molecule has 5 rings (SSSR count). The Morgan fingerprint density at radius 2 is 1.75 bits per heavy atom. The van der Waals surface area contributed by atoms with Gasteiger partial charge in [0.2, 0.25) is 0 Å². The highest BCUT2D eigenvalue weighted by molar-refractivity contribution is 7.89. The highest BCUT2D eigenvalue weighted by Crippen LogP contribution is 2.36. The largest absolute Gasteiger partial charge is 0.444 e. The molecular formula is C29H35Cl2FN6O5S. The van der Waals surface area contributed by atoms with Crippen LogP contribution < -0.4 is 4.90 Å². The Kier molecular flexibility index (Phi) is 8.89. The van der Waals surface area contributed by atoms with E-state index >= 15 is 0 Å². The number of fused-ring (bicyclic) bond motifs is 1. The number of anilines is 1. The lowest BCUT2D eigenvalue weighted by Crippen LogP contribution is -2.51. The fraction of sp³-hybridized carbons (Fsp3) is 0.517. The van der Waals surface area contributed by atoms with E-state index in [0.29, 0.717) is 41.8 Å². The van der Waals surface area contributed by atoms with E-state index in [2.05, 4.69) is 9.97 Å². The monoisotopic (exact) mass is 668 g/mol. The molecule has 2 fully saturated rings. The second-order valence-electron chi connectivity index (χ2n) is 12.3. The smallest absolute Gasteiger partial charge is 0.410 e. The van der Waals surface area contributed by atoms with Crippen molar-refractivity contribution in [2.45, 2.75) is 57.2 Å². The van der Waals surface area contributed by atoms with Gasteiger partial charge >= 0.3 is 6.09 Å². The first-order valence-electron chi connectivity index (χ1n) is 14.3. The van der Waals surface area contributed by atoms with E-state index in [1.807, 2.05) is 11.8 Å². The van der Waals surface area contributed by atoms with E-state index < -0.39 is 27.5 Å². The molecule has 2 atom stereocenters. The number of carbonyl (C=O) groups is 2. The quantitative estimate of drug-likeness (QED) is 0.343. The number of Topliss-reactive ketones (excluding diaryl/α,β-unsaturated/α-hetero) is 1. The standard InChI is InChI=1S/C29H35Cl2FN6O5S/c1-17-12-18(6-7-38(17)26-22(30)13-19(32)15-33-26)24(39)21-16-35(5)25-20(21)14-23(31)27(34-25)44(41,42)37-10-8-36(9-11-37)28(40)43-29(2,3)4/h13-18H,6-12H2,1-5H3/t17-,18-/m1/s1. The number of carbonyl (C=O) groups excluding carboxylic acids is 2. The number of nitrogens with zero attached hydrogens (tertiary/aromatic N) is 6. The number of halogens is 3. The van der Waals surface area contributed by atoms with Crippen molar-refractivity contribution in [2.75, 3.05) is 37.6 Å². The Hall–Kier alpha value is -3.00. The van der Waals surface area contributed by atoms with Crippen LogP contribution in [-0.4, -0.2) is 88.4 Å². The zero-order valence-electron chi connectivity index (χ0n) is 25.2. The summed E-state index contributed by atoms with van der Waals surface area (Å²) < 4.78 is 49.0. The summed E-state index contributed by atoms with van der Waals surface area (Å²) in [5.41, 5.74) is 0.0697. The number of ether oxygens (including phenoxy) is 1. The van der Waals surface area contributed by atoms with Gasteiger partial charge in [0.05, 0.1) is 16.2 Å². The third kappa shape index (κ3) is 6.37. The summed E-state index contributed by atoms with van der Waals surface area (Å²) in [6.07, 6.45) is 3.33. The van der Waals surface area contributed by atoms with Crippen LogP contribution in [0.3, 0.4) is 0 Å². The molecule has 238 valence electrons. The summed E-state index contributed by atoms with van der Waals surface area (Å²) in [6.45, 7) is 8.22. The van der Waals surface area contributed by atoms with E-state index in [9.17, 15) is 22.4 Å². The molecule has 44 heavy (non-hydrogen) atoms. The first kappa shape index (κ1) is 32.4. The van der Waals surface area contributed by atoms with Crippen molar-refractivity contribution in [3.8, 4) is 0 Å². The number of pyridine rings is 2. The summed E-state index contributed by atoms with van der Waals surface area (Å²) in [6, 6.07) is 2.62. The first-order chi connectivity index (χ1) is 20.6. The maximum atomic E-state index is 13.8. The van der Waals surface area contributed by atoms with Crippen molar-refractivity contribution in [1.29, 1.82) is 0 Å². The molecule has 5 heterocycles. The summed E-state index contributed by atoms with van der Waals surface area (Å²) >= 11 is 12.8. The maximum absolute atomic E-state index is 13.8. The molecule has 0 unspecified atom stereocenters. The number of hydrogen-bond donors (Lipinski definition) is 0. The number of ketones is 1. The molecule has 2 saturated heterocycles. The van der Waals surface area contributed by atoms with Crippen molar-refractivity contribution in [1.82, 2.24) is 23.7 Å². The fourth-order valence-corrected chi connectivity index (χ4v) is 7.86. The van der Waals surface area contributed by atoms with Gasteiger partial charge < -0.3 is 19.1 Å². The highest BCUT2D eigenvalue weighted by atomic mass is 35.5. The van der Waals surface area contributed by atoms with Crippen LogP contribution in [0.25, 0.3) is 11.0 Å². The predicted octanol–water partition coefficient (Wildman–Crippen LogP) is 5.14. The van der Waals surface area contributed by atoms with Crippen molar-refractivity contribution >= 4 is 62.0 Å². The molecule has 1 amide bonds. The number of amides is 1. The molecule has 0 aliphatic carbocycles. The van der Waals surface area contributed by atoms with Gasteiger partial charge in [0, 0.05) is 68.9 Å². The van der Waals surface area contributed by atoms with Crippen molar-refractivity contribution in [3.05, 3.63) is 46.0 Å². The van der Waals surface area contributed by atoms with Crippen LogP contribution in [0.1, 0.15) is 50.9 Å². The van der Waals surface area contributed by atoms with Gasteiger partial charge in [-0.05, 0) is 52.7 Å². The minimum atomic E-state index is -4.10. The van der Waals surface area contributed by atoms with Gasteiger partial charge in [-0.2, -0.15) is 4.31 Å². The third-order valence-electron chi connectivity index (χ3n) is 7.92. The van der Waals surface area contributed by atoms with Crippen molar-refractivity contribution in [2.24, 2.45) is 13.0 Å². The van der Waals surface area contributed by atoms with Gasteiger partial charge in [0.25, 0.3) is 10.0 Å².